The predicted molar refractivity (Wildman–Crippen MR) is 102 cm³/mol. The molecule has 2 aromatic rings. The highest BCUT2D eigenvalue weighted by molar-refractivity contribution is 6.35. The summed E-state index contributed by atoms with van der Waals surface area (Å²) in [6.07, 6.45) is 1.79. The van der Waals surface area contributed by atoms with E-state index in [-0.39, 0.29) is 0 Å². The molecule has 0 aliphatic heterocycles. The first-order valence-corrected chi connectivity index (χ1v) is 8.26. The lowest BCUT2D eigenvalue weighted by Gasteiger charge is -2.17. The molecule has 0 unspecified atom stereocenters. The fraction of sp³-hybridized carbons (Fsp3) is 0.294. The monoisotopic (exact) mass is 365 g/mol. The summed E-state index contributed by atoms with van der Waals surface area (Å²) in [6, 6.07) is 9.41. The summed E-state index contributed by atoms with van der Waals surface area (Å²) in [5, 5.41) is 7.78. The summed E-state index contributed by atoms with van der Waals surface area (Å²) in [5.41, 5.74) is 2.05. The number of pyridine rings is 1. The molecule has 1 aromatic heterocycles. The molecule has 0 fully saturated rings. The van der Waals surface area contributed by atoms with E-state index < -0.39 is 0 Å². The van der Waals surface area contributed by atoms with Crippen LogP contribution in [0.2, 0.25) is 10.0 Å². The van der Waals surface area contributed by atoms with Gasteiger partial charge in [-0.15, -0.1) is 0 Å². The third-order valence-electron chi connectivity index (χ3n) is 3.42. The number of nitrogens with zero attached hydrogens (tertiary/aromatic N) is 3. The van der Waals surface area contributed by atoms with Crippen LogP contribution in [-0.2, 0) is 13.1 Å². The van der Waals surface area contributed by atoms with Crippen molar-refractivity contribution in [3.05, 3.63) is 57.7 Å². The molecule has 128 valence electrons. The maximum atomic E-state index is 6.19. The Kier molecular flexibility index (Phi) is 6.70. The summed E-state index contributed by atoms with van der Waals surface area (Å²) in [6.45, 7) is 1.18. The van der Waals surface area contributed by atoms with E-state index in [4.69, 9.17) is 23.2 Å². The Balaban J connectivity index is 1.96. The molecular formula is C17H21Cl2N5. The van der Waals surface area contributed by atoms with Crippen molar-refractivity contribution in [1.82, 2.24) is 15.6 Å². The number of nitrogens with one attached hydrogen (secondary N) is 2. The molecule has 0 atom stereocenters. The number of aliphatic imine (C=N–C) groups is 1. The molecule has 0 aliphatic rings. The third-order valence-corrected chi connectivity index (χ3v) is 4.01. The molecular weight excluding hydrogens is 345 g/mol. The average molecular weight is 366 g/mol. The number of hydrogen-bond acceptors (Lipinski definition) is 3. The minimum Gasteiger partial charge on any atom is -0.362 e. The molecule has 7 heteroatoms. The highest BCUT2D eigenvalue weighted by Gasteiger charge is 2.07. The van der Waals surface area contributed by atoms with Crippen LogP contribution in [0.5, 0.6) is 0 Å². The van der Waals surface area contributed by atoms with Crippen LogP contribution in [0.4, 0.5) is 5.82 Å². The van der Waals surface area contributed by atoms with Crippen molar-refractivity contribution in [2.45, 2.75) is 13.1 Å². The van der Waals surface area contributed by atoms with Gasteiger partial charge in [-0.3, -0.25) is 4.99 Å². The number of hydrogen-bond donors (Lipinski definition) is 2. The number of guanidine groups is 1. The molecule has 0 spiro atoms. The molecule has 1 aromatic carbocycles. The molecule has 5 nitrogen and oxygen atoms in total. The minimum atomic E-state index is 0.559. The van der Waals surface area contributed by atoms with Crippen molar-refractivity contribution in [3.63, 3.8) is 0 Å². The number of benzene rings is 1. The van der Waals surface area contributed by atoms with Crippen LogP contribution >= 0.6 is 23.2 Å². The van der Waals surface area contributed by atoms with Gasteiger partial charge in [0.15, 0.2) is 5.96 Å². The first-order chi connectivity index (χ1) is 11.5. The van der Waals surface area contributed by atoms with Gasteiger partial charge in [-0.1, -0.05) is 35.3 Å². The summed E-state index contributed by atoms with van der Waals surface area (Å²) in [7, 11) is 5.68. The van der Waals surface area contributed by atoms with Gasteiger partial charge < -0.3 is 15.5 Å². The molecule has 2 N–H and O–H groups in total. The Morgan fingerprint density at radius 3 is 2.46 bits per heavy atom. The van der Waals surface area contributed by atoms with Gasteiger partial charge in [0, 0.05) is 56.0 Å². The molecule has 0 aliphatic carbocycles. The predicted octanol–water partition coefficient (Wildman–Crippen LogP) is 3.32. The molecule has 0 saturated heterocycles. The molecule has 0 radical (unpaired) electrons. The van der Waals surface area contributed by atoms with Crippen LogP contribution in [0.15, 0.2) is 41.5 Å². The molecule has 0 bridgehead atoms. The van der Waals surface area contributed by atoms with Crippen molar-refractivity contribution in [2.75, 3.05) is 26.0 Å². The zero-order valence-electron chi connectivity index (χ0n) is 14.0. The fourth-order valence-corrected chi connectivity index (χ4v) is 2.69. The largest absolute Gasteiger partial charge is 0.362 e. The second kappa shape index (κ2) is 8.76. The third kappa shape index (κ3) is 5.01. The van der Waals surface area contributed by atoms with Gasteiger partial charge in [0.2, 0.25) is 0 Å². The van der Waals surface area contributed by atoms with Crippen LogP contribution < -0.4 is 15.5 Å². The number of halogens is 2. The van der Waals surface area contributed by atoms with Crippen LogP contribution in [0.1, 0.15) is 11.1 Å². The Labute approximate surface area is 152 Å². The average Bonchev–Trinajstić information content (AvgIpc) is 2.56. The lowest BCUT2D eigenvalue weighted by atomic mass is 10.2. The number of anilines is 1. The SMILES string of the molecule is CN=C(NCc1ccc(Cl)cc1Cl)NCc1cccnc1N(C)C. The van der Waals surface area contributed by atoms with Crippen molar-refractivity contribution in [1.29, 1.82) is 0 Å². The van der Waals surface area contributed by atoms with Crippen LogP contribution in [0, 0.1) is 0 Å². The van der Waals surface area contributed by atoms with Gasteiger partial charge in [0.05, 0.1) is 0 Å². The standard InChI is InChI=1S/C17H21Cl2N5/c1-20-17(22-10-12-6-7-14(18)9-15(12)19)23-11-13-5-4-8-21-16(13)24(2)3/h4-9H,10-11H2,1-3H3,(H2,20,22,23). The summed E-state index contributed by atoms with van der Waals surface area (Å²) in [4.78, 5) is 10.6. The highest BCUT2D eigenvalue weighted by Crippen LogP contribution is 2.20. The van der Waals surface area contributed by atoms with Gasteiger partial charge >= 0.3 is 0 Å². The maximum Gasteiger partial charge on any atom is 0.191 e. The van der Waals surface area contributed by atoms with Gasteiger partial charge in [-0.2, -0.15) is 0 Å². The van der Waals surface area contributed by atoms with Gasteiger partial charge in [0.1, 0.15) is 5.82 Å². The van der Waals surface area contributed by atoms with Crippen molar-refractivity contribution < 1.29 is 0 Å². The van der Waals surface area contributed by atoms with E-state index in [0.717, 1.165) is 16.9 Å². The van der Waals surface area contributed by atoms with Crippen molar-refractivity contribution in [2.24, 2.45) is 4.99 Å². The lowest BCUT2D eigenvalue weighted by molar-refractivity contribution is 0.804. The van der Waals surface area contributed by atoms with Gasteiger partial charge in [-0.05, 0) is 23.8 Å². The molecule has 0 amide bonds. The van der Waals surface area contributed by atoms with E-state index in [1.807, 2.05) is 43.3 Å². The summed E-state index contributed by atoms with van der Waals surface area (Å²) < 4.78 is 0. The summed E-state index contributed by atoms with van der Waals surface area (Å²) in [5.74, 6) is 1.62. The smallest absolute Gasteiger partial charge is 0.191 e. The van der Waals surface area contributed by atoms with E-state index in [0.29, 0.717) is 29.1 Å². The maximum absolute atomic E-state index is 6.19. The Bertz CT molecular complexity index is 716. The number of rotatable bonds is 5. The summed E-state index contributed by atoms with van der Waals surface area (Å²) >= 11 is 12.1. The lowest BCUT2D eigenvalue weighted by Crippen LogP contribution is -2.36. The molecule has 24 heavy (non-hydrogen) atoms. The second-order valence-electron chi connectivity index (χ2n) is 5.40. The Morgan fingerprint density at radius 2 is 1.83 bits per heavy atom. The zero-order chi connectivity index (χ0) is 17.5. The molecule has 0 saturated carbocycles. The van der Waals surface area contributed by atoms with Crippen molar-refractivity contribution in [3.8, 4) is 0 Å². The van der Waals surface area contributed by atoms with E-state index in [9.17, 15) is 0 Å². The second-order valence-corrected chi connectivity index (χ2v) is 6.24. The Morgan fingerprint density at radius 1 is 1.12 bits per heavy atom. The zero-order valence-corrected chi connectivity index (χ0v) is 15.5. The first-order valence-electron chi connectivity index (χ1n) is 7.51. The van der Waals surface area contributed by atoms with Crippen LogP contribution in [-0.4, -0.2) is 32.1 Å². The van der Waals surface area contributed by atoms with Gasteiger partial charge in [0.25, 0.3) is 0 Å². The Hall–Kier alpha value is -1.98. The van der Waals surface area contributed by atoms with Gasteiger partial charge in [-0.25, -0.2) is 4.98 Å². The highest BCUT2D eigenvalue weighted by atomic mass is 35.5. The quantitative estimate of drug-likeness (QED) is 0.630. The van der Waals surface area contributed by atoms with E-state index in [1.54, 1.807) is 19.3 Å². The number of aromatic nitrogens is 1. The minimum absolute atomic E-state index is 0.559. The van der Waals surface area contributed by atoms with Crippen LogP contribution in [0.3, 0.4) is 0 Å². The van der Waals surface area contributed by atoms with Crippen LogP contribution in [0.25, 0.3) is 0 Å². The fourth-order valence-electron chi connectivity index (χ4n) is 2.21. The van der Waals surface area contributed by atoms with E-state index in [1.165, 1.54) is 0 Å². The molecule has 1 heterocycles. The molecule has 2 rings (SSSR count). The normalized spacial score (nSPS) is 11.3. The van der Waals surface area contributed by atoms with E-state index in [2.05, 4.69) is 20.6 Å². The van der Waals surface area contributed by atoms with E-state index >= 15 is 0 Å². The first kappa shape index (κ1) is 18.4. The topological polar surface area (TPSA) is 52.6 Å². The van der Waals surface area contributed by atoms with Crippen molar-refractivity contribution >= 4 is 35.0 Å².